The van der Waals surface area contributed by atoms with Crippen molar-refractivity contribution in [2.75, 3.05) is 13.1 Å². The number of sulfonamides is 1. The molecule has 1 saturated heterocycles. The zero-order valence-corrected chi connectivity index (χ0v) is 18.2. The van der Waals surface area contributed by atoms with Crippen LogP contribution in [-0.4, -0.2) is 37.8 Å². The maximum absolute atomic E-state index is 12.7. The highest BCUT2D eigenvalue weighted by atomic mass is 32.2. The Balaban J connectivity index is 1.44. The van der Waals surface area contributed by atoms with Gasteiger partial charge in [0, 0.05) is 29.6 Å². The van der Waals surface area contributed by atoms with Crippen LogP contribution >= 0.6 is 11.3 Å². The molecule has 0 spiro atoms. The Hall–Kier alpha value is -1.70. The van der Waals surface area contributed by atoms with Crippen molar-refractivity contribution in [2.45, 2.75) is 61.6 Å². The number of rotatable bonds is 5. The van der Waals surface area contributed by atoms with Crippen LogP contribution in [0, 0.1) is 0 Å². The van der Waals surface area contributed by atoms with E-state index in [4.69, 9.17) is 0 Å². The van der Waals surface area contributed by atoms with Gasteiger partial charge in [-0.15, -0.1) is 11.3 Å². The molecule has 2 aliphatic rings. The quantitative estimate of drug-likeness (QED) is 0.699. The number of nitrogens with zero attached hydrogens (tertiary/aromatic N) is 1. The standard InChI is InChI=1S/C22H28N2O3S2/c25-22(23-19-7-3-1-2-4-8-19)18-11-9-17(10-12-18)20-13-14-21(28-20)29(26,27)24-15-5-6-16-24/h9-14,19H,1-8,15-16H2,(H,23,25). The van der Waals surface area contributed by atoms with E-state index in [9.17, 15) is 13.2 Å². The van der Waals surface area contributed by atoms with Crippen molar-refractivity contribution < 1.29 is 13.2 Å². The van der Waals surface area contributed by atoms with Crippen LogP contribution in [0.1, 0.15) is 61.7 Å². The van der Waals surface area contributed by atoms with E-state index >= 15 is 0 Å². The second kappa shape index (κ2) is 8.98. The molecule has 29 heavy (non-hydrogen) atoms. The minimum absolute atomic E-state index is 0.0214. The molecule has 2 aromatic rings. The monoisotopic (exact) mass is 432 g/mol. The smallest absolute Gasteiger partial charge is 0.252 e. The summed E-state index contributed by atoms with van der Waals surface area (Å²) in [6, 6.07) is 11.3. The average molecular weight is 433 g/mol. The molecule has 5 nitrogen and oxygen atoms in total. The predicted molar refractivity (Wildman–Crippen MR) is 117 cm³/mol. The molecule has 2 fully saturated rings. The van der Waals surface area contributed by atoms with Gasteiger partial charge < -0.3 is 5.32 Å². The van der Waals surface area contributed by atoms with Gasteiger partial charge in [-0.05, 0) is 55.5 Å². The molecule has 0 unspecified atom stereocenters. The van der Waals surface area contributed by atoms with Crippen LogP contribution in [0.4, 0.5) is 0 Å². The lowest BCUT2D eigenvalue weighted by Crippen LogP contribution is -2.34. The Morgan fingerprint density at radius 2 is 1.55 bits per heavy atom. The number of hydrogen-bond acceptors (Lipinski definition) is 4. The molecule has 7 heteroatoms. The SMILES string of the molecule is O=C(NC1CCCCCC1)c1ccc(-c2ccc(S(=O)(=O)N3CCCC3)s2)cc1. The van der Waals surface area contributed by atoms with Crippen LogP contribution in [0.5, 0.6) is 0 Å². The van der Waals surface area contributed by atoms with Crippen molar-refractivity contribution in [1.29, 1.82) is 0 Å². The van der Waals surface area contributed by atoms with Crippen molar-refractivity contribution in [3.63, 3.8) is 0 Å². The zero-order chi connectivity index (χ0) is 20.3. The van der Waals surface area contributed by atoms with Gasteiger partial charge in [-0.2, -0.15) is 4.31 Å². The second-order valence-corrected chi connectivity index (χ2v) is 11.2. The van der Waals surface area contributed by atoms with E-state index in [0.717, 1.165) is 36.1 Å². The molecule has 1 amide bonds. The highest BCUT2D eigenvalue weighted by Crippen LogP contribution is 2.33. The Labute approximate surface area is 177 Å². The zero-order valence-electron chi connectivity index (χ0n) is 16.6. The summed E-state index contributed by atoms with van der Waals surface area (Å²) < 4.78 is 27.4. The normalized spacial score (nSPS) is 19.2. The first-order chi connectivity index (χ1) is 14.0. The van der Waals surface area contributed by atoms with Crippen molar-refractivity contribution in [2.24, 2.45) is 0 Å². The molecular formula is C22H28N2O3S2. The summed E-state index contributed by atoms with van der Waals surface area (Å²) in [6.45, 7) is 1.22. The summed E-state index contributed by atoms with van der Waals surface area (Å²) in [6.07, 6.45) is 8.88. The Morgan fingerprint density at radius 1 is 0.897 bits per heavy atom. The van der Waals surface area contributed by atoms with Crippen molar-refractivity contribution in [3.8, 4) is 10.4 Å². The van der Waals surface area contributed by atoms with E-state index in [2.05, 4.69) is 5.32 Å². The van der Waals surface area contributed by atoms with Gasteiger partial charge in [-0.3, -0.25) is 4.79 Å². The van der Waals surface area contributed by atoms with Gasteiger partial charge in [0.05, 0.1) is 0 Å². The maximum Gasteiger partial charge on any atom is 0.252 e. The third-order valence-electron chi connectivity index (χ3n) is 5.86. The van der Waals surface area contributed by atoms with E-state index in [1.807, 2.05) is 30.3 Å². The molecule has 156 valence electrons. The van der Waals surface area contributed by atoms with Crippen LogP contribution < -0.4 is 5.32 Å². The molecule has 2 heterocycles. The number of carbonyl (C=O) groups is 1. The summed E-state index contributed by atoms with van der Waals surface area (Å²) in [5.74, 6) is -0.0214. The lowest BCUT2D eigenvalue weighted by Gasteiger charge is -2.16. The van der Waals surface area contributed by atoms with Gasteiger partial charge >= 0.3 is 0 Å². The van der Waals surface area contributed by atoms with Gasteiger partial charge in [-0.25, -0.2) is 8.42 Å². The summed E-state index contributed by atoms with van der Waals surface area (Å²) in [5.41, 5.74) is 1.59. The molecule has 0 radical (unpaired) electrons. The summed E-state index contributed by atoms with van der Waals surface area (Å²) in [5, 5.41) is 3.17. The Kier molecular flexibility index (Phi) is 6.37. The van der Waals surface area contributed by atoms with Crippen LogP contribution in [0.15, 0.2) is 40.6 Å². The third kappa shape index (κ3) is 4.73. The molecular weight excluding hydrogens is 404 g/mol. The molecule has 1 N–H and O–H groups in total. The number of nitrogens with one attached hydrogen (secondary N) is 1. The number of hydrogen-bond donors (Lipinski definition) is 1. The first-order valence-corrected chi connectivity index (χ1v) is 12.8. The largest absolute Gasteiger partial charge is 0.349 e. The summed E-state index contributed by atoms with van der Waals surface area (Å²) in [4.78, 5) is 13.5. The molecule has 0 bridgehead atoms. The molecule has 0 atom stereocenters. The van der Waals surface area contributed by atoms with Crippen LogP contribution in [0.2, 0.25) is 0 Å². The molecule has 1 saturated carbocycles. The first kappa shape index (κ1) is 20.6. The van der Waals surface area contributed by atoms with Crippen molar-refractivity contribution in [1.82, 2.24) is 9.62 Å². The van der Waals surface area contributed by atoms with E-state index in [1.54, 1.807) is 10.4 Å². The fraction of sp³-hybridized carbons (Fsp3) is 0.500. The third-order valence-corrected chi connectivity index (χ3v) is 9.36. The Morgan fingerprint density at radius 3 is 2.21 bits per heavy atom. The average Bonchev–Trinajstić information content (AvgIpc) is 3.38. The number of amides is 1. The maximum atomic E-state index is 12.7. The second-order valence-electron chi connectivity index (χ2n) is 7.97. The highest BCUT2D eigenvalue weighted by molar-refractivity contribution is 7.91. The molecule has 1 aromatic carbocycles. The van der Waals surface area contributed by atoms with Gasteiger partial charge in [0.15, 0.2) is 0 Å². The van der Waals surface area contributed by atoms with E-state index in [-0.39, 0.29) is 11.9 Å². The summed E-state index contributed by atoms with van der Waals surface area (Å²) >= 11 is 1.29. The number of carbonyl (C=O) groups excluding carboxylic acids is 1. The van der Waals surface area contributed by atoms with Gasteiger partial charge in [0.1, 0.15) is 4.21 Å². The van der Waals surface area contributed by atoms with Crippen molar-refractivity contribution in [3.05, 3.63) is 42.0 Å². The fourth-order valence-corrected chi connectivity index (χ4v) is 7.13. The minimum Gasteiger partial charge on any atom is -0.349 e. The lowest BCUT2D eigenvalue weighted by atomic mass is 10.1. The fourth-order valence-electron chi connectivity index (χ4n) is 4.15. The number of benzene rings is 1. The van der Waals surface area contributed by atoms with Crippen molar-refractivity contribution >= 4 is 27.3 Å². The lowest BCUT2D eigenvalue weighted by molar-refractivity contribution is 0.0933. The molecule has 1 aliphatic heterocycles. The number of thiophene rings is 1. The van der Waals surface area contributed by atoms with E-state index in [1.165, 1.54) is 37.0 Å². The van der Waals surface area contributed by atoms with Gasteiger partial charge in [-0.1, -0.05) is 37.8 Å². The minimum atomic E-state index is -3.38. The molecule has 4 rings (SSSR count). The first-order valence-electron chi connectivity index (χ1n) is 10.6. The van der Waals surface area contributed by atoms with Crippen LogP contribution in [0.3, 0.4) is 0 Å². The predicted octanol–water partition coefficient (Wildman–Crippen LogP) is 4.65. The topological polar surface area (TPSA) is 66.5 Å². The molecule has 1 aromatic heterocycles. The highest BCUT2D eigenvalue weighted by Gasteiger charge is 2.28. The Bertz CT molecular complexity index is 937. The van der Waals surface area contributed by atoms with Crippen LogP contribution in [-0.2, 0) is 10.0 Å². The van der Waals surface area contributed by atoms with Gasteiger partial charge in [0.2, 0.25) is 0 Å². The van der Waals surface area contributed by atoms with Crippen LogP contribution in [0.25, 0.3) is 10.4 Å². The van der Waals surface area contributed by atoms with E-state index < -0.39 is 10.0 Å². The van der Waals surface area contributed by atoms with Gasteiger partial charge in [0.25, 0.3) is 15.9 Å². The molecule has 1 aliphatic carbocycles. The van der Waals surface area contributed by atoms with E-state index in [0.29, 0.717) is 22.9 Å². The summed E-state index contributed by atoms with van der Waals surface area (Å²) in [7, 11) is -3.38.